The molecule has 9 nitrogen and oxygen atoms in total. The monoisotopic (exact) mass is 590 g/mol. The minimum Gasteiger partial charge on any atom is -0.508 e. The van der Waals surface area contributed by atoms with Crippen LogP contribution in [-0.2, 0) is 17.8 Å². The molecule has 228 valence electrons. The number of nitrogens with zero attached hydrogens (tertiary/aromatic N) is 2. The summed E-state index contributed by atoms with van der Waals surface area (Å²) in [5.41, 5.74) is 8.63. The molecule has 1 aliphatic heterocycles. The second kappa shape index (κ2) is 13.7. The summed E-state index contributed by atoms with van der Waals surface area (Å²) in [5.74, 6) is -1.04. The first-order valence-electron chi connectivity index (χ1n) is 14.6. The number of nitrogens with two attached hydrogens (primary N) is 1. The van der Waals surface area contributed by atoms with Gasteiger partial charge in [-0.3, -0.25) is 9.59 Å². The zero-order chi connectivity index (χ0) is 31.1. The lowest BCUT2D eigenvalue weighted by molar-refractivity contribution is -0.928. The summed E-state index contributed by atoms with van der Waals surface area (Å²) in [7, 11) is 2.10. The van der Waals surface area contributed by atoms with E-state index in [4.69, 9.17) is 5.73 Å². The van der Waals surface area contributed by atoms with Crippen molar-refractivity contribution >= 4 is 23.5 Å². The number of likely N-dealkylation sites (tertiary alicyclic amines) is 1. The normalized spacial score (nSPS) is 19.0. The molecule has 1 unspecified atom stereocenters. The number of carbonyl (C=O) groups excluding carboxylic acids is 3. The highest BCUT2D eigenvalue weighted by Crippen LogP contribution is 2.27. The highest BCUT2D eigenvalue weighted by molar-refractivity contribution is 5.96. The fraction of sp³-hybridized carbons (Fsp3) is 0.364. The average Bonchev–Trinajstić information content (AvgIpc) is 2.95. The molecule has 10 heteroatoms. The van der Waals surface area contributed by atoms with Crippen molar-refractivity contribution in [3.8, 4) is 5.75 Å². The van der Waals surface area contributed by atoms with Crippen molar-refractivity contribution in [2.75, 3.05) is 25.5 Å². The lowest BCUT2D eigenvalue weighted by atomic mass is 9.96. The zero-order valence-electron chi connectivity index (χ0n) is 24.9. The van der Waals surface area contributed by atoms with Crippen molar-refractivity contribution in [1.82, 2.24) is 10.2 Å². The molecule has 1 aliphatic rings. The van der Waals surface area contributed by atoms with Gasteiger partial charge in [0.25, 0.3) is 5.91 Å². The number of primary amides is 1. The first-order valence-corrected chi connectivity index (χ1v) is 14.6. The van der Waals surface area contributed by atoms with E-state index in [0.717, 1.165) is 24.1 Å². The molecule has 1 saturated heterocycles. The van der Waals surface area contributed by atoms with Gasteiger partial charge in [0.15, 0.2) is 0 Å². The first kappa shape index (κ1) is 31.5. The summed E-state index contributed by atoms with van der Waals surface area (Å²) in [6.45, 7) is 5.83. The fourth-order valence-corrected chi connectivity index (χ4v) is 5.79. The van der Waals surface area contributed by atoms with Gasteiger partial charge in [0.2, 0.25) is 5.91 Å². The van der Waals surface area contributed by atoms with Gasteiger partial charge in [0.1, 0.15) is 24.2 Å². The number of halogens is 1. The van der Waals surface area contributed by atoms with E-state index in [-0.39, 0.29) is 36.0 Å². The van der Waals surface area contributed by atoms with Crippen molar-refractivity contribution in [2.24, 2.45) is 5.73 Å². The number of nitrogens with one attached hydrogen (secondary N) is 2. The van der Waals surface area contributed by atoms with Crippen LogP contribution in [0, 0.1) is 5.82 Å². The number of amides is 4. The van der Waals surface area contributed by atoms with Crippen LogP contribution in [0.5, 0.6) is 5.75 Å². The van der Waals surface area contributed by atoms with Gasteiger partial charge in [0, 0.05) is 29.3 Å². The van der Waals surface area contributed by atoms with Crippen molar-refractivity contribution in [2.45, 2.75) is 57.8 Å². The van der Waals surface area contributed by atoms with Crippen molar-refractivity contribution in [1.29, 1.82) is 0 Å². The van der Waals surface area contributed by atoms with E-state index >= 15 is 0 Å². The number of rotatable bonds is 10. The van der Waals surface area contributed by atoms with Gasteiger partial charge in [-0.05, 0) is 80.8 Å². The molecule has 3 atom stereocenters. The average molecular weight is 591 g/mol. The van der Waals surface area contributed by atoms with Crippen molar-refractivity contribution in [3.05, 3.63) is 95.3 Å². The highest BCUT2D eigenvalue weighted by atomic mass is 19.1. The number of quaternary nitrogens is 1. The zero-order valence-corrected chi connectivity index (χ0v) is 24.9. The number of phenols is 1. The Labute approximate surface area is 252 Å². The molecule has 0 saturated carbocycles. The number of aromatic hydroxyl groups is 1. The molecule has 1 heterocycles. The van der Waals surface area contributed by atoms with Gasteiger partial charge in [-0.1, -0.05) is 24.3 Å². The van der Waals surface area contributed by atoms with Crippen LogP contribution in [0.25, 0.3) is 0 Å². The number of hydrogen-bond donors (Lipinski definition) is 4. The van der Waals surface area contributed by atoms with Gasteiger partial charge < -0.3 is 30.9 Å². The SMILES string of the molecule is CC(C)NC(=O)c1ccc(NC(=O)N([C@@H]2CCC[N+](C)(Cc3ccc(F)cc3)C2)[C@@H](Cc2ccc(O)cc2)C(N)=O)cc1. The van der Waals surface area contributed by atoms with E-state index in [9.17, 15) is 23.9 Å². The Balaban J connectivity index is 1.61. The summed E-state index contributed by atoms with van der Waals surface area (Å²) >= 11 is 0. The van der Waals surface area contributed by atoms with Crippen LogP contribution in [-0.4, -0.2) is 70.6 Å². The first-order chi connectivity index (χ1) is 20.4. The highest BCUT2D eigenvalue weighted by Gasteiger charge is 2.41. The molecule has 4 amide bonds. The molecule has 3 aromatic rings. The Morgan fingerprint density at radius 3 is 2.23 bits per heavy atom. The Hall–Kier alpha value is -4.44. The van der Waals surface area contributed by atoms with E-state index in [0.29, 0.717) is 35.2 Å². The van der Waals surface area contributed by atoms with E-state index in [1.54, 1.807) is 53.4 Å². The summed E-state index contributed by atoms with van der Waals surface area (Å²) in [6, 6.07) is 17.7. The third-order valence-corrected chi connectivity index (χ3v) is 7.84. The van der Waals surface area contributed by atoms with Gasteiger partial charge in [-0.15, -0.1) is 0 Å². The maximum atomic E-state index is 14.0. The van der Waals surface area contributed by atoms with Crippen molar-refractivity contribution in [3.63, 3.8) is 0 Å². The summed E-state index contributed by atoms with van der Waals surface area (Å²) in [5, 5.41) is 15.5. The minimum absolute atomic E-state index is 0.0117. The fourth-order valence-electron chi connectivity index (χ4n) is 5.79. The third-order valence-electron chi connectivity index (χ3n) is 7.84. The predicted molar refractivity (Wildman–Crippen MR) is 164 cm³/mol. The Morgan fingerprint density at radius 2 is 1.63 bits per heavy atom. The smallest absolute Gasteiger partial charge is 0.323 e. The molecule has 1 fully saturated rings. The van der Waals surface area contributed by atoms with Gasteiger partial charge >= 0.3 is 6.03 Å². The molecule has 3 aromatic carbocycles. The lowest BCUT2D eigenvalue weighted by Crippen LogP contribution is -2.62. The molecule has 5 N–H and O–H groups in total. The molecule has 0 aromatic heterocycles. The molecule has 0 aliphatic carbocycles. The summed E-state index contributed by atoms with van der Waals surface area (Å²) in [4.78, 5) is 40.9. The van der Waals surface area contributed by atoms with Crippen LogP contribution in [0.4, 0.5) is 14.9 Å². The molecule has 43 heavy (non-hydrogen) atoms. The van der Waals surface area contributed by atoms with Gasteiger partial charge in [-0.2, -0.15) is 0 Å². The molecular formula is C33H41FN5O4+. The quantitative estimate of drug-likeness (QED) is 0.261. The molecule has 0 radical (unpaired) electrons. The van der Waals surface area contributed by atoms with E-state index in [1.807, 2.05) is 13.8 Å². The predicted octanol–water partition coefficient (Wildman–Crippen LogP) is 4.41. The minimum atomic E-state index is -0.956. The number of hydrogen-bond acceptors (Lipinski definition) is 4. The Morgan fingerprint density at radius 1 is 1.00 bits per heavy atom. The molecular weight excluding hydrogens is 549 g/mol. The van der Waals surface area contributed by atoms with E-state index < -0.39 is 18.0 Å². The van der Waals surface area contributed by atoms with E-state index in [2.05, 4.69) is 17.7 Å². The lowest BCUT2D eigenvalue weighted by Gasteiger charge is -2.46. The second-order valence-corrected chi connectivity index (χ2v) is 11.9. The topological polar surface area (TPSA) is 125 Å². The molecule has 4 rings (SSSR count). The number of urea groups is 1. The standard InChI is InChI=1S/C33H40FN5O4/c1-22(2)36-32(42)25-10-14-27(15-11-25)37-33(43)38(30(31(35)41)19-23-8-16-29(40)17-9-23)28-5-4-18-39(3,21-28)20-24-6-12-26(34)13-7-24/h6-17,22,28,30H,4-5,18-21H2,1-3H3,(H4-,35,36,37,40,41,42,43)/p+1/t28-,30+,39?/m1/s1. The molecule has 0 bridgehead atoms. The van der Waals surface area contributed by atoms with E-state index in [1.165, 1.54) is 24.3 Å². The van der Waals surface area contributed by atoms with Crippen LogP contribution in [0.1, 0.15) is 48.2 Å². The van der Waals surface area contributed by atoms with Crippen LogP contribution >= 0.6 is 0 Å². The number of carbonyl (C=O) groups is 3. The summed E-state index contributed by atoms with van der Waals surface area (Å²) in [6.07, 6.45) is 1.67. The van der Waals surface area contributed by atoms with Crippen LogP contribution in [0.2, 0.25) is 0 Å². The Kier molecular flexibility index (Phi) is 10.0. The maximum Gasteiger partial charge on any atom is 0.323 e. The van der Waals surface area contributed by atoms with Crippen molar-refractivity contribution < 1.29 is 28.4 Å². The largest absolute Gasteiger partial charge is 0.508 e. The number of likely N-dealkylation sites (N-methyl/N-ethyl adjacent to an activating group) is 1. The number of anilines is 1. The van der Waals surface area contributed by atoms with Crippen LogP contribution in [0.15, 0.2) is 72.8 Å². The van der Waals surface area contributed by atoms with Crippen LogP contribution in [0.3, 0.4) is 0 Å². The molecule has 0 spiro atoms. The Bertz CT molecular complexity index is 1410. The van der Waals surface area contributed by atoms with Gasteiger partial charge in [0.05, 0.1) is 26.2 Å². The number of piperidine rings is 1. The third kappa shape index (κ3) is 8.54. The second-order valence-electron chi connectivity index (χ2n) is 11.9. The number of benzene rings is 3. The number of phenolic OH excluding ortho intramolecular Hbond substituents is 1. The maximum absolute atomic E-state index is 14.0. The van der Waals surface area contributed by atoms with Crippen LogP contribution < -0.4 is 16.4 Å². The van der Waals surface area contributed by atoms with Gasteiger partial charge in [-0.25, -0.2) is 9.18 Å². The summed E-state index contributed by atoms with van der Waals surface area (Å²) < 4.78 is 14.1.